The Balaban J connectivity index is 1.35. The number of benzene rings is 1. The molecular weight excluding hydrogens is 382 g/mol. The summed E-state index contributed by atoms with van der Waals surface area (Å²) >= 11 is 1.49. The van der Waals surface area contributed by atoms with Crippen molar-refractivity contribution in [2.75, 3.05) is 16.8 Å². The van der Waals surface area contributed by atoms with Gasteiger partial charge in [-0.2, -0.15) is 0 Å². The highest BCUT2D eigenvalue weighted by Gasteiger charge is 2.42. The topological polar surface area (TPSA) is 87.6 Å². The smallest absolute Gasteiger partial charge is 0.251 e. The zero-order valence-corrected chi connectivity index (χ0v) is 17.0. The first-order chi connectivity index (χ1) is 12.9. The lowest BCUT2D eigenvalue weighted by Crippen LogP contribution is -2.41. The maximum atomic E-state index is 12.5. The molecule has 1 aromatic carbocycles. The molecule has 2 fully saturated rings. The van der Waals surface area contributed by atoms with Gasteiger partial charge in [-0.1, -0.05) is 31.5 Å². The summed E-state index contributed by atoms with van der Waals surface area (Å²) in [5, 5.41) is 7.19. The molecule has 4 rings (SSSR count). The molecule has 146 valence electrons. The highest BCUT2D eigenvalue weighted by Crippen LogP contribution is 2.34. The number of thioether (sulfide) groups is 1. The third-order valence-corrected chi connectivity index (χ3v) is 8.79. The normalized spacial score (nSPS) is 31.8. The molecule has 0 bridgehead atoms. The van der Waals surface area contributed by atoms with Crippen LogP contribution in [0.25, 0.3) is 0 Å². The Morgan fingerprint density at radius 1 is 1.15 bits per heavy atom. The molecule has 6 nitrogen and oxygen atoms in total. The van der Waals surface area contributed by atoms with Gasteiger partial charge in [0.1, 0.15) is 0 Å². The number of carbonyl (C=O) groups excluding carboxylic acids is 1. The second kappa shape index (κ2) is 7.47. The van der Waals surface area contributed by atoms with Crippen LogP contribution in [0.5, 0.6) is 0 Å². The van der Waals surface area contributed by atoms with Gasteiger partial charge >= 0.3 is 0 Å². The number of carbonyl (C=O) groups is 1. The molecule has 0 unspecified atom stereocenters. The molecule has 1 amide bonds. The van der Waals surface area contributed by atoms with E-state index in [1.54, 1.807) is 0 Å². The second-order valence-corrected chi connectivity index (χ2v) is 11.2. The fourth-order valence-electron chi connectivity index (χ4n) is 4.03. The van der Waals surface area contributed by atoms with Crippen LogP contribution in [0, 0.1) is 5.92 Å². The van der Waals surface area contributed by atoms with Crippen molar-refractivity contribution in [2.45, 2.75) is 49.9 Å². The summed E-state index contributed by atoms with van der Waals surface area (Å²) in [5.74, 6) is 0.862. The third-order valence-electron chi connectivity index (χ3n) is 5.64. The Kier molecular flexibility index (Phi) is 5.20. The Hall–Kier alpha value is -1.54. The standard InChI is InChI=1S/C19H25N3O3S2/c1-12-4-2-3-5-15(12)21-18(23)13-6-8-14(9-7-13)20-19-22-16-10-27(24,25)11-17(16)26-19/h6-9,12,15-17H,2-5,10-11H2,1H3,(H,20,22)(H,21,23)/t12-,15+,16+,17-/m1/s1. The Bertz CT molecular complexity index is 851. The van der Waals surface area contributed by atoms with Crippen molar-refractivity contribution in [3.63, 3.8) is 0 Å². The highest BCUT2D eigenvalue weighted by atomic mass is 32.2. The number of hydrogen-bond donors (Lipinski definition) is 2. The van der Waals surface area contributed by atoms with E-state index in [9.17, 15) is 13.2 Å². The molecule has 3 aliphatic rings. The molecule has 27 heavy (non-hydrogen) atoms. The first-order valence-corrected chi connectivity index (χ1v) is 12.2. The van der Waals surface area contributed by atoms with E-state index in [1.807, 2.05) is 24.3 Å². The molecule has 1 aliphatic carbocycles. The van der Waals surface area contributed by atoms with Crippen molar-refractivity contribution in [3.8, 4) is 0 Å². The van der Waals surface area contributed by atoms with Gasteiger partial charge in [0, 0.05) is 22.5 Å². The summed E-state index contributed by atoms with van der Waals surface area (Å²) in [4.78, 5) is 17.0. The summed E-state index contributed by atoms with van der Waals surface area (Å²) in [5.41, 5.74) is 1.51. The number of nitrogens with zero attached hydrogens (tertiary/aromatic N) is 1. The number of fused-ring (bicyclic) bond motifs is 1. The molecule has 0 aromatic heterocycles. The maximum Gasteiger partial charge on any atom is 0.251 e. The number of anilines is 1. The largest absolute Gasteiger partial charge is 0.349 e. The van der Waals surface area contributed by atoms with Crippen molar-refractivity contribution in [2.24, 2.45) is 10.9 Å². The molecular formula is C19H25N3O3S2. The van der Waals surface area contributed by atoms with Gasteiger partial charge in [0.2, 0.25) is 0 Å². The van der Waals surface area contributed by atoms with Crippen molar-refractivity contribution >= 4 is 38.4 Å². The van der Waals surface area contributed by atoms with Crippen molar-refractivity contribution in [1.82, 2.24) is 5.32 Å². The van der Waals surface area contributed by atoms with E-state index < -0.39 is 9.84 Å². The predicted molar refractivity (Wildman–Crippen MR) is 110 cm³/mol. The molecule has 2 N–H and O–H groups in total. The van der Waals surface area contributed by atoms with Crippen LogP contribution in [0.3, 0.4) is 0 Å². The fraction of sp³-hybridized carbons (Fsp3) is 0.579. The maximum absolute atomic E-state index is 12.5. The van der Waals surface area contributed by atoms with Crippen LogP contribution in [0.1, 0.15) is 43.0 Å². The molecule has 1 saturated carbocycles. The molecule has 2 aliphatic heterocycles. The van der Waals surface area contributed by atoms with Crippen LogP contribution in [-0.2, 0) is 9.84 Å². The number of sulfone groups is 1. The first-order valence-electron chi connectivity index (χ1n) is 9.52. The van der Waals surface area contributed by atoms with Crippen molar-refractivity contribution in [3.05, 3.63) is 29.8 Å². The number of amides is 1. The molecule has 0 radical (unpaired) electrons. The average Bonchev–Trinajstić information content (AvgIpc) is 3.10. The lowest BCUT2D eigenvalue weighted by molar-refractivity contribution is 0.0910. The van der Waals surface area contributed by atoms with Crippen LogP contribution >= 0.6 is 11.8 Å². The molecule has 4 atom stereocenters. The van der Waals surface area contributed by atoms with E-state index in [4.69, 9.17) is 0 Å². The Morgan fingerprint density at radius 2 is 1.89 bits per heavy atom. The summed E-state index contributed by atoms with van der Waals surface area (Å²) in [6.45, 7) is 2.21. The van der Waals surface area contributed by atoms with Crippen LogP contribution in [0.4, 0.5) is 5.69 Å². The first kappa shape index (κ1) is 18.8. The van der Waals surface area contributed by atoms with Crippen LogP contribution in [0.15, 0.2) is 29.3 Å². The van der Waals surface area contributed by atoms with Crippen LogP contribution < -0.4 is 10.6 Å². The van der Waals surface area contributed by atoms with E-state index >= 15 is 0 Å². The van der Waals surface area contributed by atoms with Gasteiger partial charge in [-0.25, -0.2) is 8.42 Å². The Labute approximate surface area is 164 Å². The van der Waals surface area contributed by atoms with E-state index in [-0.39, 0.29) is 34.7 Å². The number of amidine groups is 1. The second-order valence-electron chi connectivity index (χ2n) is 7.78. The van der Waals surface area contributed by atoms with E-state index in [0.29, 0.717) is 11.5 Å². The minimum atomic E-state index is -2.93. The average molecular weight is 408 g/mol. The summed E-state index contributed by atoms with van der Waals surface area (Å²) < 4.78 is 23.3. The number of aliphatic imine (C=N–C) groups is 1. The van der Waals surface area contributed by atoms with Gasteiger partial charge < -0.3 is 10.6 Å². The zero-order chi connectivity index (χ0) is 19.0. The predicted octanol–water partition coefficient (Wildman–Crippen LogP) is 2.68. The summed E-state index contributed by atoms with van der Waals surface area (Å²) in [6.07, 6.45) is 4.67. The highest BCUT2D eigenvalue weighted by molar-refractivity contribution is 8.15. The van der Waals surface area contributed by atoms with Gasteiger partial charge in [0.25, 0.3) is 5.91 Å². The SMILES string of the molecule is C[C@@H]1CCCC[C@@H]1NC(=O)c1ccc(NC2=N[C@H]3CS(=O)(=O)C[C@H]3S2)cc1. The van der Waals surface area contributed by atoms with Gasteiger partial charge in [0.05, 0.1) is 17.5 Å². The monoisotopic (exact) mass is 407 g/mol. The number of rotatable bonds is 3. The fourth-order valence-corrected chi connectivity index (χ4v) is 7.70. The van der Waals surface area contributed by atoms with Gasteiger partial charge in [0.15, 0.2) is 15.0 Å². The van der Waals surface area contributed by atoms with Gasteiger partial charge in [-0.15, -0.1) is 0 Å². The van der Waals surface area contributed by atoms with Crippen LogP contribution in [-0.4, -0.2) is 48.3 Å². The molecule has 1 saturated heterocycles. The minimum Gasteiger partial charge on any atom is -0.349 e. The quantitative estimate of drug-likeness (QED) is 0.804. The van der Waals surface area contributed by atoms with Gasteiger partial charge in [-0.05, 0) is 43.0 Å². The molecule has 8 heteroatoms. The van der Waals surface area contributed by atoms with E-state index in [1.165, 1.54) is 31.0 Å². The molecule has 1 aromatic rings. The summed E-state index contributed by atoms with van der Waals surface area (Å²) in [6, 6.07) is 7.50. The number of nitrogens with one attached hydrogen (secondary N) is 2. The lowest BCUT2D eigenvalue weighted by atomic mass is 9.86. The minimum absolute atomic E-state index is 0.0207. The molecule has 0 spiro atoms. The van der Waals surface area contributed by atoms with E-state index in [0.717, 1.165) is 17.3 Å². The van der Waals surface area contributed by atoms with Crippen LogP contribution in [0.2, 0.25) is 0 Å². The zero-order valence-electron chi connectivity index (χ0n) is 15.3. The Morgan fingerprint density at radius 3 is 2.59 bits per heavy atom. The number of hydrogen-bond acceptors (Lipinski definition) is 6. The van der Waals surface area contributed by atoms with Gasteiger partial charge in [-0.3, -0.25) is 9.79 Å². The van der Waals surface area contributed by atoms with Crippen molar-refractivity contribution < 1.29 is 13.2 Å². The third kappa shape index (κ3) is 4.32. The molecule has 2 heterocycles. The van der Waals surface area contributed by atoms with E-state index in [2.05, 4.69) is 22.5 Å². The summed E-state index contributed by atoms with van der Waals surface area (Å²) in [7, 11) is -2.93. The lowest BCUT2D eigenvalue weighted by Gasteiger charge is -2.29. The van der Waals surface area contributed by atoms with Crippen molar-refractivity contribution in [1.29, 1.82) is 0 Å².